The van der Waals surface area contributed by atoms with E-state index in [1.165, 1.54) is 38.5 Å². The van der Waals surface area contributed by atoms with Gasteiger partial charge in [0.1, 0.15) is 18.1 Å². The molecule has 0 unspecified atom stereocenters. The smallest absolute Gasteiger partial charge is 0.267 e. The Morgan fingerprint density at radius 1 is 1.33 bits per heavy atom. The molecule has 0 aliphatic carbocycles. The molecule has 1 amide bonds. The molecule has 18 heavy (non-hydrogen) atoms. The van der Waals surface area contributed by atoms with Gasteiger partial charge in [0.15, 0.2) is 0 Å². The number of amides is 1. The molecule has 0 radical (unpaired) electrons. The van der Waals surface area contributed by atoms with Crippen molar-refractivity contribution < 1.29 is 9.53 Å². The molecule has 1 aromatic heterocycles. The third-order valence-electron chi connectivity index (χ3n) is 3.11. The Bertz CT molecular complexity index is 386. The maximum absolute atomic E-state index is 10.8. The van der Waals surface area contributed by atoms with E-state index in [0.29, 0.717) is 12.4 Å². The Hall–Kier alpha value is -1.62. The number of carbonyl (C=O) groups excluding carboxylic acids is 1. The van der Waals surface area contributed by atoms with E-state index < -0.39 is 5.91 Å². The molecule has 98 valence electrons. The van der Waals surface area contributed by atoms with E-state index in [2.05, 4.69) is 9.88 Å². The normalized spacial score (nSPS) is 16.4. The summed E-state index contributed by atoms with van der Waals surface area (Å²) in [6.45, 7) is 3.93. The van der Waals surface area contributed by atoms with Gasteiger partial charge in [-0.25, -0.2) is 4.98 Å². The van der Waals surface area contributed by atoms with Crippen molar-refractivity contribution in [2.75, 3.05) is 26.2 Å². The molecule has 0 saturated carbocycles. The topological polar surface area (TPSA) is 68.5 Å². The fourth-order valence-electron chi connectivity index (χ4n) is 2.09. The van der Waals surface area contributed by atoms with Crippen molar-refractivity contribution in [1.82, 2.24) is 9.88 Å². The first kappa shape index (κ1) is 12.8. The lowest BCUT2D eigenvalue weighted by Gasteiger charge is -2.26. The van der Waals surface area contributed by atoms with Crippen LogP contribution in [0.15, 0.2) is 18.3 Å². The number of likely N-dealkylation sites (tertiary alicyclic amines) is 1. The molecule has 2 N–H and O–H groups in total. The molecule has 0 atom stereocenters. The first-order chi connectivity index (χ1) is 8.75. The van der Waals surface area contributed by atoms with E-state index >= 15 is 0 Å². The summed E-state index contributed by atoms with van der Waals surface area (Å²) in [5.41, 5.74) is 5.37. The zero-order chi connectivity index (χ0) is 12.8. The summed E-state index contributed by atoms with van der Waals surface area (Å²) in [6.07, 6.45) is 5.45. The maximum Gasteiger partial charge on any atom is 0.267 e. The third-order valence-corrected chi connectivity index (χ3v) is 3.11. The molecule has 5 heteroatoms. The minimum atomic E-state index is -0.519. The predicted molar refractivity (Wildman–Crippen MR) is 68.5 cm³/mol. The molecule has 1 aromatic rings. The number of carbonyl (C=O) groups is 1. The maximum atomic E-state index is 10.8. The Kier molecular flexibility index (Phi) is 4.52. The molecule has 0 spiro atoms. The fourth-order valence-corrected chi connectivity index (χ4v) is 2.09. The van der Waals surface area contributed by atoms with Crippen LogP contribution in [-0.4, -0.2) is 42.0 Å². The van der Waals surface area contributed by atoms with Crippen molar-refractivity contribution in [2.24, 2.45) is 5.73 Å². The van der Waals surface area contributed by atoms with Gasteiger partial charge in [-0.3, -0.25) is 9.69 Å². The minimum Gasteiger partial charge on any atom is -0.491 e. The fraction of sp³-hybridized carbons (Fsp3) is 0.538. The highest BCUT2D eigenvalue weighted by molar-refractivity contribution is 5.90. The number of pyridine rings is 1. The lowest BCUT2D eigenvalue weighted by molar-refractivity contribution is 0.0995. The standard InChI is InChI=1S/C13H19N3O2/c14-13(17)12-5-4-11(10-15-12)18-9-8-16-6-2-1-3-7-16/h4-5,10H,1-3,6-9H2,(H2,14,17). The zero-order valence-corrected chi connectivity index (χ0v) is 10.5. The van der Waals surface area contributed by atoms with Crippen molar-refractivity contribution >= 4 is 5.91 Å². The van der Waals surface area contributed by atoms with Gasteiger partial charge < -0.3 is 10.5 Å². The Morgan fingerprint density at radius 2 is 2.11 bits per heavy atom. The number of nitrogens with zero attached hydrogens (tertiary/aromatic N) is 2. The molecule has 1 saturated heterocycles. The molecule has 2 heterocycles. The van der Waals surface area contributed by atoms with Crippen LogP contribution >= 0.6 is 0 Å². The van der Waals surface area contributed by atoms with Gasteiger partial charge in [0.2, 0.25) is 0 Å². The van der Waals surface area contributed by atoms with E-state index in [1.807, 2.05) is 0 Å². The number of ether oxygens (including phenoxy) is 1. The summed E-state index contributed by atoms with van der Waals surface area (Å²) in [6, 6.07) is 3.31. The van der Waals surface area contributed by atoms with Crippen LogP contribution in [0.4, 0.5) is 0 Å². The van der Waals surface area contributed by atoms with Crippen molar-refractivity contribution in [2.45, 2.75) is 19.3 Å². The average molecular weight is 249 g/mol. The van der Waals surface area contributed by atoms with Crippen LogP contribution in [0.5, 0.6) is 5.75 Å². The molecule has 2 rings (SSSR count). The van der Waals surface area contributed by atoms with Crippen LogP contribution in [0.2, 0.25) is 0 Å². The van der Waals surface area contributed by atoms with Gasteiger partial charge >= 0.3 is 0 Å². The van der Waals surface area contributed by atoms with Crippen LogP contribution < -0.4 is 10.5 Å². The SMILES string of the molecule is NC(=O)c1ccc(OCCN2CCCCC2)cn1. The Balaban J connectivity index is 1.74. The van der Waals surface area contributed by atoms with Crippen LogP contribution in [0.1, 0.15) is 29.8 Å². The zero-order valence-electron chi connectivity index (χ0n) is 10.5. The number of primary amides is 1. The van der Waals surface area contributed by atoms with Crippen molar-refractivity contribution in [3.63, 3.8) is 0 Å². The van der Waals surface area contributed by atoms with Gasteiger partial charge in [-0.15, -0.1) is 0 Å². The second kappa shape index (κ2) is 6.35. The van der Waals surface area contributed by atoms with Crippen molar-refractivity contribution in [1.29, 1.82) is 0 Å². The van der Waals surface area contributed by atoms with Crippen molar-refractivity contribution in [3.8, 4) is 5.75 Å². The molecule has 1 aliphatic rings. The number of piperidine rings is 1. The number of hydrogen-bond acceptors (Lipinski definition) is 4. The van der Waals surface area contributed by atoms with Gasteiger partial charge in [-0.05, 0) is 38.1 Å². The number of nitrogens with two attached hydrogens (primary N) is 1. The highest BCUT2D eigenvalue weighted by atomic mass is 16.5. The highest BCUT2D eigenvalue weighted by Crippen LogP contribution is 2.10. The van der Waals surface area contributed by atoms with E-state index in [0.717, 1.165) is 6.54 Å². The van der Waals surface area contributed by atoms with Crippen LogP contribution in [-0.2, 0) is 0 Å². The molecule has 0 bridgehead atoms. The van der Waals surface area contributed by atoms with E-state index in [9.17, 15) is 4.79 Å². The molecule has 1 fully saturated rings. The largest absolute Gasteiger partial charge is 0.491 e. The van der Waals surface area contributed by atoms with Gasteiger partial charge in [-0.1, -0.05) is 6.42 Å². The Morgan fingerprint density at radius 3 is 2.72 bits per heavy atom. The summed E-state index contributed by atoms with van der Waals surface area (Å²) in [7, 11) is 0. The summed E-state index contributed by atoms with van der Waals surface area (Å²) in [4.78, 5) is 17.2. The number of rotatable bonds is 5. The monoisotopic (exact) mass is 249 g/mol. The molecular weight excluding hydrogens is 230 g/mol. The van der Waals surface area contributed by atoms with Crippen LogP contribution in [0.25, 0.3) is 0 Å². The lowest BCUT2D eigenvalue weighted by atomic mass is 10.1. The first-order valence-electron chi connectivity index (χ1n) is 6.37. The quantitative estimate of drug-likeness (QED) is 0.846. The second-order valence-corrected chi connectivity index (χ2v) is 4.49. The average Bonchev–Trinajstić information content (AvgIpc) is 2.40. The van der Waals surface area contributed by atoms with Crippen LogP contribution in [0, 0.1) is 0 Å². The van der Waals surface area contributed by atoms with Crippen LogP contribution in [0.3, 0.4) is 0 Å². The van der Waals surface area contributed by atoms with Crippen molar-refractivity contribution in [3.05, 3.63) is 24.0 Å². The summed E-state index contributed by atoms with van der Waals surface area (Å²) in [5.74, 6) is 0.159. The molecule has 5 nitrogen and oxygen atoms in total. The molecular formula is C13H19N3O2. The summed E-state index contributed by atoms with van der Waals surface area (Å²) < 4.78 is 5.59. The first-order valence-corrected chi connectivity index (χ1v) is 6.37. The number of hydrogen-bond donors (Lipinski definition) is 1. The number of aromatic nitrogens is 1. The molecule has 0 aromatic carbocycles. The third kappa shape index (κ3) is 3.70. The predicted octanol–water partition coefficient (Wildman–Crippen LogP) is 1.05. The van der Waals surface area contributed by atoms with E-state index in [-0.39, 0.29) is 5.69 Å². The minimum absolute atomic E-state index is 0.262. The second-order valence-electron chi connectivity index (χ2n) is 4.49. The van der Waals surface area contributed by atoms with E-state index in [4.69, 9.17) is 10.5 Å². The Labute approximate surface area is 107 Å². The lowest BCUT2D eigenvalue weighted by Crippen LogP contribution is -2.33. The van der Waals surface area contributed by atoms with Gasteiger partial charge in [0.25, 0.3) is 5.91 Å². The molecule has 1 aliphatic heterocycles. The van der Waals surface area contributed by atoms with Gasteiger partial charge in [0, 0.05) is 6.54 Å². The van der Waals surface area contributed by atoms with Gasteiger partial charge in [0.05, 0.1) is 6.20 Å². The summed E-state index contributed by atoms with van der Waals surface area (Å²) in [5, 5.41) is 0. The highest BCUT2D eigenvalue weighted by Gasteiger charge is 2.09. The van der Waals surface area contributed by atoms with Gasteiger partial charge in [-0.2, -0.15) is 0 Å². The summed E-state index contributed by atoms with van der Waals surface area (Å²) >= 11 is 0. The van der Waals surface area contributed by atoms with E-state index in [1.54, 1.807) is 12.1 Å².